The third-order valence-corrected chi connectivity index (χ3v) is 6.93. The molecule has 0 spiro atoms. The van der Waals surface area contributed by atoms with Crippen LogP contribution in [0, 0.1) is 5.41 Å². The molecule has 2 atom stereocenters. The van der Waals surface area contributed by atoms with E-state index in [4.69, 9.17) is 5.73 Å². The minimum atomic E-state index is -0.738. The maximum atomic E-state index is 13.4. The summed E-state index contributed by atoms with van der Waals surface area (Å²) in [5.41, 5.74) is 11.3. The minimum Gasteiger partial charge on any atom is -0.330 e. The Labute approximate surface area is 184 Å². The summed E-state index contributed by atoms with van der Waals surface area (Å²) in [6, 6.07) is 5.63. The van der Waals surface area contributed by atoms with E-state index in [9.17, 15) is 9.59 Å². The fourth-order valence-corrected chi connectivity index (χ4v) is 4.80. The summed E-state index contributed by atoms with van der Waals surface area (Å²) >= 11 is 0. The molecule has 8 nitrogen and oxygen atoms in total. The van der Waals surface area contributed by atoms with Crippen molar-refractivity contribution < 1.29 is 9.59 Å². The van der Waals surface area contributed by atoms with Gasteiger partial charge in [0.25, 0.3) is 0 Å². The lowest BCUT2D eigenvalue weighted by Crippen LogP contribution is -2.56. The number of rotatable bonds is 7. The monoisotopic (exact) mass is 426 g/mol. The molecule has 0 aliphatic carbocycles. The third kappa shape index (κ3) is 4.06. The zero-order valence-corrected chi connectivity index (χ0v) is 18.6. The molecule has 8 heteroatoms. The van der Waals surface area contributed by atoms with E-state index >= 15 is 0 Å². The van der Waals surface area contributed by atoms with Crippen LogP contribution < -0.4 is 21.4 Å². The summed E-state index contributed by atoms with van der Waals surface area (Å²) in [6.07, 6.45) is 4.94. The molecule has 0 bridgehead atoms. The number of anilines is 2. The highest BCUT2D eigenvalue weighted by atomic mass is 16.2. The van der Waals surface area contributed by atoms with Crippen LogP contribution in [0.2, 0.25) is 0 Å². The van der Waals surface area contributed by atoms with Crippen LogP contribution in [0.1, 0.15) is 51.5 Å². The van der Waals surface area contributed by atoms with Crippen LogP contribution in [0.5, 0.6) is 0 Å². The van der Waals surface area contributed by atoms with Crippen molar-refractivity contribution in [1.82, 2.24) is 10.3 Å². The van der Waals surface area contributed by atoms with Crippen LogP contribution in [-0.4, -0.2) is 61.2 Å². The molecule has 31 heavy (non-hydrogen) atoms. The molecular formula is C23H34N6O2. The highest BCUT2D eigenvalue weighted by Crippen LogP contribution is 2.43. The predicted molar refractivity (Wildman–Crippen MR) is 123 cm³/mol. The van der Waals surface area contributed by atoms with Gasteiger partial charge in [0.15, 0.2) is 0 Å². The second-order valence-electron chi connectivity index (χ2n) is 9.04. The Morgan fingerprint density at radius 3 is 2.81 bits per heavy atom. The van der Waals surface area contributed by atoms with Crippen molar-refractivity contribution in [2.24, 2.45) is 16.3 Å². The summed E-state index contributed by atoms with van der Waals surface area (Å²) in [5.74, 6) is 0.0584. The number of hydrogen-bond acceptors (Lipinski definition) is 6. The number of nitrogens with zero attached hydrogens (tertiary/aromatic N) is 3. The number of carbonyl (C=O) groups excluding carboxylic acids is 2. The molecule has 1 saturated heterocycles. The van der Waals surface area contributed by atoms with E-state index in [1.165, 1.54) is 19.3 Å². The molecule has 4 rings (SSSR count). The summed E-state index contributed by atoms with van der Waals surface area (Å²) in [4.78, 5) is 30.2. The quantitative estimate of drug-likeness (QED) is 0.618. The molecule has 0 saturated carbocycles. The fourth-order valence-electron chi connectivity index (χ4n) is 4.80. The molecule has 1 fully saturated rings. The molecule has 4 N–H and O–H groups in total. The number of carbonyl (C=O) groups is 2. The zero-order valence-electron chi connectivity index (χ0n) is 18.6. The molecule has 0 radical (unpaired) electrons. The van der Waals surface area contributed by atoms with Crippen molar-refractivity contribution in [3.8, 4) is 0 Å². The Balaban J connectivity index is 1.54. The Kier molecular flexibility index (Phi) is 6.29. The van der Waals surface area contributed by atoms with E-state index in [-0.39, 0.29) is 17.9 Å². The van der Waals surface area contributed by atoms with Gasteiger partial charge in [-0.05, 0) is 70.9 Å². The van der Waals surface area contributed by atoms with E-state index in [1.54, 1.807) is 0 Å². The maximum Gasteiger partial charge on any atom is 0.241 e. The van der Waals surface area contributed by atoms with Gasteiger partial charge in [-0.3, -0.25) is 9.59 Å². The van der Waals surface area contributed by atoms with Gasteiger partial charge in [-0.2, -0.15) is 5.10 Å². The lowest BCUT2D eigenvalue weighted by molar-refractivity contribution is -0.125. The maximum absolute atomic E-state index is 13.4. The topological polar surface area (TPSA) is 103 Å². The van der Waals surface area contributed by atoms with E-state index in [0.29, 0.717) is 19.5 Å². The van der Waals surface area contributed by atoms with Gasteiger partial charge in [0, 0.05) is 30.8 Å². The van der Waals surface area contributed by atoms with Crippen LogP contribution >= 0.6 is 0 Å². The van der Waals surface area contributed by atoms with Crippen molar-refractivity contribution >= 4 is 28.9 Å². The minimum absolute atomic E-state index is 0.0139. The first-order chi connectivity index (χ1) is 14.9. The van der Waals surface area contributed by atoms with Crippen molar-refractivity contribution in [2.45, 2.75) is 52.0 Å². The Hall–Kier alpha value is -2.45. The van der Waals surface area contributed by atoms with Crippen LogP contribution in [0.15, 0.2) is 23.3 Å². The highest BCUT2D eigenvalue weighted by molar-refractivity contribution is 6.28. The fraction of sp³-hybridized carbons (Fsp3) is 0.609. The standard InChI is InChI=1S/C23H34N6O2/c1-16-23(2)21(27-26-16)18-15-17(7-8-19(18)29(22(23)31)13-6-10-24)25-20(30)9-14-28-11-4-3-5-12-28/h7-8,15-16,26H,3-6,9-14,24H2,1-2H3,(H,25,30). The Morgan fingerprint density at radius 2 is 2.06 bits per heavy atom. The van der Waals surface area contributed by atoms with Gasteiger partial charge in [-0.25, -0.2) is 0 Å². The molecule has 3 aliphatic heterocycles. The number of hydrogen-bond donors (Lipinski definition) is 3. The average molecular weight is 427 g/mol. The molecule has 0 aromatic heterocycles. The molecule has 2 unspecified atom stereocenters. The van der Waals surface area contributed by atoms with Crippen molar-refractivity contribution in [3.05, 3.63) is 23.8 Å². The smallest absolute Gasteiger partial charge is 0.241 e. The average Bonchev–Trinajstić information content (AvgIpc) is 3.09. The van der Waals surface area contributed by atoms with Gasteiger partial charge in [0.1, 0.15) is 5.41 Å². The first kappa shape index (κ1) is 21.8. The first-order valence-electron chi connectivity index (χ1n) is 11.5. The molecule has 168 valence electrons. The lowest BCUT2D eigenvalue weighted by Gasteiger charge is -2.40. The SMILES string of the molecule is CC1NN=C2c3cc(NC(=O)CCN4CCCCC4)ccc3N(CCCN)C(=O)C21C. The second-order valence-corrected chi connectivity index (χ2v) is 9.04. The van der Waals surface area contributed by atoms with Crippen LogP contribution in [0.4, 0.5) is 11.4 Å². The van der Waals surface area contributed by atoms with Gasteiger partial charge < -0.3 is 26.3 Å². The molecule has 1 aromatic rings. The van der Waals surface area contributed by atoms with E-state index in [0.717, 1.165) is 48.7 Å². The number of fused-ring (bicyclic) bond motifs is 3. The number of nitrogens with two attached hydrogens (primary N) is 1. The zero-order chi connectivity index (χ0) is 22.0. The van der Waals surface area contributed by atoms with Crippen molar-refractivity contribution in [1.29, 1.82) is 0 Å². The van der Waals surface area contributed by atoms with Crippen molar-refractivity contribution in [3.63, 3.8) is 0 Å². The Bertz CT molecular complexity index is 879. The van der Waals surface area contributed by atoms with Crippen LogP contribution in [0.25, 0.3) is 0 Å². The summed E-state index contributed by atoms with van der Waals surface area (Å²) < 4.78 is 0. The molecule has 3 heterocycles. The number of hydrazone groups is 1. The van der Waals surface area contributed by atoms with Gasteiger partial charge in [0.05, 0.1) is 17.4 Å². The number of amides is 2. The molecular weight excluding hydrogens is 392 g/mol. The highest BCUT2D eigenvalue weighted by Gasteiger charge is 2.54. The number of nitrogens with one attached hydrogen (secondary N) is 2. The van der Waals surface area contributed by atoms with E-state index in [1.807, 2.05) is 36.9 Å². The Morgan fingerprint density at radius 1 is 1.29 bits per heavy atom. The third-order valence-electron chi connectivity index (χ3n) is 6.93. The molecule has 3 aliphatic rings. The second kappa shape index (κ2) is 8.96. The number of benzene rings is 1. The number of piperidine rings is 1. The van der Waals surface area contributed by atoms with Gasteiger partial charge in [0.2, 0.25) is 11.8 Å². The van der Waals surface area contributed by atoms with E-state index < -0.39 is 5.41 Å². The summed E-state index contributed by atoms with van der Waals surface area (Å²) in [7, 11) is 0. The van der Waals surface area contributed by atoms with Crippen molar-refractivity contribution in [2.75, 3.05) is 42.9 Å². The van der Waals surface area contributed by atoms with E-state index in [2.05, 4.69) is 20.7 Å². The molecule has 2 amide bonds. The summed E-state index contributed by atoms with van der Waals surface area (Å²) in [5, 5.41) is 7.55. The van der Waals surface area contributed by atoms with Gasteiger partial charge in [-0.1, -0.05) is 6.42 Å². The van der Waals surface area contributed by atoms with Crippen LogP contribution in [0.3, 0.4) is 0 Å². The largest absolute Gasteiger partial charge is 0.330 e. The predicted octanol–water partition coefficient (Wildman–Crippen LogP) is 1.90. The summed E-state index contributed by atoms with van der Waals surface area (Å²) in [6.45, 7) is 7.98. The number of likely N-dealkylation sites (tertiary alicyclic amines) is 1. The van der Waals surface area contributed by atoms with Crippen LogP contribution in [-0.2, 0) is 9.59 Å². The lowest BCUT2D eigenvalue weighted by atomic mass is 9.72. The first-order valence-corrected chi connectivity index (χ1v) is 11.5. The van der Waals surface area contributed by atoms with Gasteiger partial charge in [-0.15, -0.1) is 0 Å². The molecule has 1 aromatic carbocycles. The normalized spacial score (nSPS) is 25.5. The van der Waals surface area contributed by atoms with Gasteiger partial charge >= 0.3 is 0 Å².